The second kappa shape index (κ2) is 6.04. The molecule has 0 saturated carbocycles. The van der Waals surface area contributed by atoms with Crippen molar-refractivity contribution in [2.24, 2.45) is 0 Å². The van der Waals surface area contributed by atoms with E-state index in [0.29, 0.717) is 22.5 Å². The molecule has 2 rings (SSSR count). The summed E-state index contributed by atoms with van der Waals surface area (Å²) in [4.78, 5) is 22.7. The van der Waals surface area contributed by atoms with E-state index in [0.717, 1.165) is 0 Å². The number of rotatable bonds is 4. The number of benzene rings is 2. The number of nitro benzene ring substituents is 1. The van der Waals surface area contributed by atoms with E-state index >= 15 is 0 Å². The van der Waals surface area contributed by atoms with Crippen LogP contribution in [0.1, 0.15) is 15.9 Å². The van der Waals surface area contributed by atoms with E-state index in [9.17, 15) is 14.9 Å². The number of aryl methyl sites for hydroxylation is 1. The Morgan fingerprint density at radius 2 is 1.81 bits per heavy atom. The summed E-state index contributed by atoms with van der Waals surface area (Å²) in [6, 6.07) is 11.7. The highest BCUT2D eigenvalue weighted by Crippen LogP contribution is 2.30. The Morgan fingerprint density at radius 3 is 2.38 bits per heavy atom. The molecule has 0 radical (unpaired) electrons. The fraction of sp³-hybridized carbons (Fsp3) is 0.133. The lowest BCUT2D eigenvalue weighted by Gasteiger charge is -2.12. The molecule has 0 aliphatic rings. The number of hydrogen-bond acceptors (Lipinski definition) is 4. The smallest absolute Gasteiger partial charge is 0.274 e. The predicted molar refractivity (Wildman–Crippen MR) is 81.8 cm³/mol. The van der Waals surface area contributed by atoms with Gasteiger partial charge in [-0.25, -0.2) is 0 Å². The van der Waals surface area contributed by atoms with Crippen molar-refractivity contribution in [3.8, 4) is 0 Å². The number of anilines is 2. The fourth-order valence-electron chi connectivity index (χ4n) is 1.99. The number of carbonyl (C=O) groups excluding carboxylic acids is 1. The summed E-state index contributed by atoms with van der Waals surface area (Å²) in [6.07, 6.45) is 0. The summed E-state index contributed by atoms with van der Waals surface area (Å²) in [5, 5.41) is 16.6. The molecule has 0 fully saturated rings. The lowest BCUT2D eigenvalue weighted by Crippen LogP contribution is -2.13. The number of hydrogen-bond donors (Lipinski definition) is 2. The van der Waals surface area contributed by atoms with Crippen LogP contribution in [-0.2, 0) is 0 Å². The molecule has 0 unspecified atom stereocenters. The van der Waals surface area contributed by atoms with Gasteiger partial charge < -0.3 is 10.6 Å². The highest BCUT2D eigenvalue weighted by Gasteiger charge is 2.16. The second-order valence-electron chi connectivity index (χ2n) is 4.51. The van der Waals surface area contributed by atoms with Gasteiger partial charge in [-0.2, -0.15) is 0 Å². The zero-order valence-corrected chi connectivity index (χ0v) is 11.7. The van der Waals surface area contributed by atoms with Gasteiger partial charge in [0.2, 0.25) is 0 Å². The van der Waals surface area contributed by atoms with E-state index in [2.05, 4.69) is 10.6 Å². The van der Waals surface area contributed by atoms with Gasteiger partial charge in [0.05, 0.1) is 16.3 Å². The van der Waals surface area contributed by atoms with Crippen molar-refractivity contribution in [3.63, 3.8) is 0 Å². The van der Waals surface area contributed by atoms with Crippen LogP contribution < -0.4 is 10.6 Å². The van der Waals surface area contributed by atoms with Gasteiger partial charge in [-0.3, -0.25) is 14.9 Å². The average molecular weight is 285 g/mol. The Kier molecular flexibility index (Phi) is 4.18. The van der Waals surface area contributed by atoms with Gasteiger partial charge in [0.15, 0.2) is 0 Å². The van der Waals surface area contributed by atoms with E-state index in [1.54, 1.807) is 44.3 Å². The molecule has 0 heterocycles. The minimum atomic E-state index is -0.465. The second-order valence-corrected chi connectivity index (χ2v) is 4.51. The van der Waals surface area contributed by atoms with E-state index in [1.807, 2.05) is 6.07 Å². The third-order valence-electron chi connectivity index (χ3n) is 3.09. The van der Waals surface area contributed by atoms with Gasteiger partial charge in [-0.05, 0) is 25.1 Å². The van der Waals surface area contributed by atoms with E-state index in [1.165, 1.54) is 6.07 Å². The van der Waals surface area contributed by atoms with Gasteiger partial charge in [0, 0.05) is 24.2 Å². The first-order valence-electron chi connectivity index (χ1n) is 6.36. The highest BCUT2D eigenvalue weighted by molar-refractivity contribution is 6.06. The molecule has 0 bridgehead atoms. The fourth-order valence-corrected chi connectivity index (χ4v) is 1.99. The standard InChI is InChI=1S/C15H15N3O3/c1-10-8-12(16-2)13(9-14(10)18(20)21)17-15(19)11-6-4-3-5-7-11/h3-9,16H,1-2H3,(H,17,19). The minimum absolute atomic E-state index is 0.0302. The summed E-state index contributed by atoms with van der Waals surface area (Å²) < 4.78 is 0. The Labute approximate surface area is 121 Å². The highest BCUT2D eigenvalue weighted by atomic mass is 16.6. The Bertz CT molecular complexity index is 684. The zero-order valence-electron chi connectivity index (χ0n) is 11.7. The molecular formula is C15H15N3O3. The molecule has 108 valence electrons. The number of nitro groups is 1. The molecule has 0 saturated heterocycles. The van der Waals surface area contributed by atoms with Crippen LogP contribution in [0.5, 0.6) is 0 Å². The molecule has 6 nitrogen and oxygen atoms in total. The Balaban J connectivity index is 2.37. The molecule has 0 aliphatic carbocycles. The minimum Gasteiger partial charge on any atom is -0.386 e. The third kappa shape index (κ3) is 3.17. The predicted octanol–water partition coefficient (Wildman–Crippen LogP) is 3.20. The summed E-state index contributed by atoms with van der Waals surface area (Å²) in [5.74, 6) is -0.315. The van der Waals surface area contributed by atoms with Crippen LogP contribution in [0, 0.1) is 17.0 Å². The molecule has 0 spiro atoms. The van der Waals surface area contributed by atoms with Crippen molar-refractivity contribution in [3.05, 3.63) is 63.7 Å². The van der Waals surface area contributed by atoms with E-state index in [-0.39, 0.29) is 11.6 Å². The Hall–Kier alpha value is -2.89. The third-order valence-corrected chi connectivity index (χ3v) is 3.09. The van der Waals surface area contributed by atoms with Gasteiger partial charge in [-0.15, -0.1) is 0 Å². The van der Waals surface area contributed by atoms with Crippen LogP contribution in [0.15, 0.2) is 42.5 Å². The van der Waals surface area contributed by atoms with Crippen LogP contribution in [0.2, 0.25) is 0 Å². The molecule has 21 heavy (non-hydrogen) atoms. The van der Waals surface area contributed by atoms with Gasteiger partial charge in [0.25, 0.3) is 11.6 Å². The lowest BCUT2D eigenvalue weighted by atomic mass is 10.1. The molecule has 2 aromatic rings. The maximum Gasteiger partial charge on any atom is 0.274 e. The molecule has 0 atom stereocenters. The summed E-state index contributed by atoms with van der Waals surface area (Å²) in [5.41, 5.74) is 1.99. The maximum atomic E-state index is 12.1. The summed E-state index contributed by atoms with van der Waals surface area (Å²) in [7, 11) is 1.69. The molecular weight excluding hydrogens is 270 g/mol. The topological polar surface area (TPSA) is 84.3 Å². The van der Waals surface area contributed by atoms with E-state index in [4.69, 9.17) is 0 Å². The molecule has 6 heteroatoms. The average Bonchev–Trinajstić information content (AvgIpc) is 2.49. The van der Waals surface area contributed by atoms with Crippen LogP contribution in [0.4, 0.5) is 17.1 Å². The van der Waals surface area contributed by atoms with Crippen molar-refractivity contribution >= 4 is 23.0 Å². The molecule has 1 amide bonds. The molecule has 2 N–H and O–H groups in total. The van der Waals surface area contributed by atoms with Crippen molar-refractivity contribution in [2.75, 3.05) is 17.7 Å². The number of carbonyl (C=O) groups is 1. The zero-order chi connectivity index (χ0) is 15.4. The van der Waals surface area contributed by atoms with Crippen LogP contribution in [-0.4, -0.2) is 17.9 Å². The number of nitrogens with zero attached hydrogens (tertiary/aromatic N) is 1. The first-order valence-corrected chi connectivity index (χ1v) is 6.36. The number of nitrogens with one attached hydrogen (secondary N) is 2. The van der Waals surface area contributed by atoms with Gasteiger partial charge >= 0.3 is 0 Å². The van der Waals surface area contributed by atoms with Crippen molar-refractivity contribution in [1.29, 1.82) is 0 Å². The van der Waals surface area contributed by atoms with Crippen molar-refractivity contribution < 1.29 is 9.72 Å². The molecule has 2 aromatic carbocycles. The SMILES string of the molecule is CNc1cc(C)c([N+](=O)[O-])cc1NC(=O)c1ccccc1. The van der Waals surface area contributed by atoms with Crippen LogP contribution >= 0.6 is 0 Å². The van der Waals surface area contributed by atoms with Crippen LogP contribution in [0.3, 0.4) is 0 Å². The maximum absolute atomic E-state index is 12.1. The van der Waals surface area contributed by atoms with E-state index < -0.39 is 4.92 Å². The Morgan fingerprint density at radius 1 is 1.14 bits per heavy atom. The monoisotopic (exact) mass is 285 g/mol. The molecule has 0 aliphatic heterocycles. The van der Waals surface area contributed by atoms with Crippen LogP contribution in [0.25, 0.3) is 0 Å². The van der Waals surface area contributed by atoms with Crippen molar-refractivity contribution in [1.82, 2.24) is 0 Å². The summed E-state index contributed by atoms with van der Waals surface area (Å²) >= 11 is 0. The largest absolute Gasteiger partial charge is 0.386 e. The first kappa shape index (κ1) is 14.5. The van der Waals surface area contributed by atoms with Crippen molar-refractivity contribution in [2.45, 2.75) is 6.92 Å². The summed E-state index contributed by atoms with van der Waals surface area (Å²) in [6.45, 7) is 1.65. The quantitative estimate of drug-likeness (QED) is 0.667. The van der Waals surface area contributed by atoms with Gasteiger partial charge in [0.1, 0.15) is 0 Å². The first-order chi connectivity index (χ1) is 10.0. The van der Waals surface area contributed by atoms with Gasteiger partial charge in [-0.1, -0.05) is 18.2 Å². The molecule has 0 aromatic heterocycles. The lowest BCUT2D eigenvalue weighted by molar-refractivity contribution is -0.385. The number of amides is 1. The normalized spacial score (nSPS) is 10.0.